The Bertz CT molecular complexity index is 1000. The molecular formula is C26H17ClFeO2-6. The number of carbonyl (C=O) groups is 1. The fraction of sp³-hybridized carbons (Fsp3) is 0.0385. The molecule has 30 heavy (non-hydrogen) atoms. The molecule has 0 atom stereocenters. The summed E-state index contributed by atoms with van der Waals surface area (Å²) in [4.78, 5) is 12.5. The summed E-state index contributed by atoms with van der Waals surface area (Å²) in [5.74, 6) is 0.391. The maximum absolute atomic E-state index is 12.5. The van der Waals surface area contributed by atoms with E-state index in [0.29, 0.717) is 22.9 Å². The fourth-order valence-electron chi connectivity index (χ4n) is 2.50. The van der Waals surface area contributed by atoms with Crippen molar-refractivity contribution >= 4 is 23.5 Å². The van der Waals surface area contributed by atoms with Crippen LogP contribution in [0, 0.1) is 24.3 Å². The Kier molecular flexibility index (Phi) is 9.89. The third-order valence-electron chi connectivity index (χ3n) is 3.91. The number of hydrogen-bond acceptors (Lipinski definition) is 2. The van der Waals surface area contributed by atoms with Gasteiger partial charge >= 0.3 is 0 Å². The molecule has 4 aromatic carbocycles. The molecule has 0 aliphatic rings. The SMILES string of the molecule is O=C(C=C[c-]1cccc1)c1cc(Cl)ccc1OCc1ccccc1.[Fe].[c-]1[c-][c-][cH-][c-]1. The molecule has 0 unspecified atom stereocenters. The van der Waals surface area contributed by atoms with Gasteiger partial charge in [0.2, 0.25) is 0 Å². The standard InChI is InChI=1S/C21H16ClO2.C5H.Fe/c22-18-11-13-21(24-15-17-8-2-1-3-9-17)19(14-18)20(23)12-10-16-6-4-5-7-16;1-2-4-5-3-1;/h1-14H,15H2;1H;/q-1;-5;. The van der Waals surface area contributed by atoms with Crippen molar-refractivity contribution in [3.05, 3.63) is 131 Å². The van der Waals surface area contributed by atoms with E-state index in [1.54, 1.807) is 30.3 Å². The smallest absolute Gasteiger partial charge is 0.149 e. The number of ketones is 1. The van der Waals surface area contributed by atoms with E-state index in [1.807, 2.05) is 54.6 Å². The van der Waals surface area contributed by atoms with E-state index in [4.69, 9.17) is 16.3 Å². The normalized spacial score (nSPS) is 10.0. The van der Waals surface area contributed by atoms with Gasteiger partial charge in [0.15, 0.2) is 0 Å². The predicted molar refractivity (Wildman–Crippen MR) is 115 cm³/mol. The van der Waals surface area contributed by atoms with Crippen LogP contribution in [0.2, 0.25) is 5.02 Å². The van der Waals surface area contributed by atoms with Crippen LogP contribution in [0.1, 0.15) is 21.5 Å². The number of ether oxygens (including phenoxy) is 1. The minimum Gasteiger partial charge on any atom is -0.999 e. The number of halogens is 1. The van der Waals surface area contributed by atoms with Crippen LogP contribution in [0.25, 0.3) is 6.08 Å². The number of benzene rings is 2. The Balaban J connectivity index is 0.000000468. The van der Waals surface area contributed by atoms with E-state index in [9.17, 15) is 4.79 Å². The first-order valence-electron chi connectivity index (χ1n) is 8.95. The summed E-state index contributed by atoms with van der Waals surface area (Å²) in [6.07, 6.45) is 3.32. The number of hydrogen-bond donors (Lipinski definition) is 0. The molecule has 2 nitrogen and oxygen atoms in total. The van der Waals surface area contributed by atoms with Gasteiger partial charge in [-0.2, -0.15) is 12.1 Å². The molecule has 154 valence electrons. The Morgan fingerprint density at radius 3 is 2.37 bits per heavy atom. The number of allylic oxidation sites excluding steroid dienone is 1. The minimum atomic E-state index is -0.137. The van der Waals surface area contributed by atoms with Crippen LogP contribution >= 0.6 is 11.6 Å². The van der Waals surface area contributed by atoms with E-state index in [2.05, 4.69) is 24.3 Å². The number of carbonyl (C=O) groups excluding carboxylic acids is 1. The van der Waals surface area contributed by atoms with Crippen LogP contribution in [0.15, 0.2) is 84.9 Å². The Labute approximate surface area is 193 Å². The van der Waals surface area contributed by atoms with Gasteiger partial charge in [-0.05, 0) is 23.8 Å². The van der Waals surface area contributed by atoms with Crippen molar-refractivity contribution < 1.29 is 26.6 Å². The van der Waals surface area contributed by atoms with Crippen LogP contribution < -0.4 is 4.74 Å². The van der Waals surface area contributed by atoms with E-state index < -0.39 is 0 Å². The molecule has 0 amide bonds. The Morgan fingerprint density at radius 1 is 1.03 bits per heavy atom. The van der Waals surface area contributed by atoms with Gasteiger partial charge in [0.05, 0.1) is 5.56 Å². The van der Waals surface area contributed by atoms with E-state index in [-0.39, 0.29) is 22.9 Å². The monoisotopic (exact) mass is 452 g/mol. The molecule has 4 rings (SSSR count). The fourth-order valence-corrected chi connectivity index (χ4v) is 2.67. The van der Waals surface area contributed by atoms with E-state index >= 15 is 0 Å². The van der Waals surface area contributed by atoms with Crippen LogP contribution in [0.4, 0.5) is 0 Å². The van der Waals surface area contributed by atoms with Crippen LogP contribution in [0.3, 0.4) is 0 Å². The number of rotatable bonds is 6. The zero-order valence-electron chi connectivity index (χ0n) is 15.9. The predicted octanol–water partition coefficient (Wildman–Crippen LogP) is 6.14. The first kappa shape index (κ1) is 23.4. The largest absolute Gasteiger partial charge is 0.999 e. The topological polar surface area (TPSA) is 26.3 Å². The van der Waals surface area contributed by atoms with Crippen molar-refractivity contribution in [1.82, 2.24) is 0 Å². The molecule has 0 saturated carbocycles. The Morgan fingerprint density at radius 2 is 1.73 bits per heavy atom. The second-order valence-corrected chi connectivity index (χ2v) is 6.45. The third kappa shape index (κ3) is 7.53. The molecular weight excluding hydrogens is 436 g/mol. The third-order valence-corrected chi connectivity index (χ3v) is 4.15. The van der Waals surface area contributed by atoms with Gasteiger partial charge in [0.25, 0.3) is 0 Å². The van der Waals surface area contributed by atoms with Gasteiger partial charge in [-0.25, -0.2) is 0 Å². The molecule has 0 fully saturated rings. The van der Waals surface area contributed by atoms with E-state index in [1.165, 1.54) is 6.08 Å². The van der Waals surface area contributed by atoms with Crippen molar-refractivity contribution in [1.29, 1.82) is 0 Å². The first-order valence-corrected chi connectivity index (χ1v) is 9.33. The minimum absolute atomic E-state index is 0. The van der Waals surface area contributed by atoms with E-state index in [0.717, 1.165) is 11.1 Å². The molecule has 0 aromatic heterocycles. The van der Waals surface area contributed by atoms with Gasteiger partial charge in [0.1, 0.15) is 18.1 Å². The Hall–Kier alpha value is -2.84. The summed E-state index contributed by atoms with van der Waals surface area (Å²) in [7, 11) is 0. The summed E-state index contributed by atoms with van der Waals surface area (Å²) in [6.45, 7) is 0.398. The molecule has 0 N–H and O–H groups in total. The van der Waals surface area contributed by atoms with Crippen molar-refractivity contribution in [3.63, 3.8) is 0 Å². The van der Waals surface area contributed by atoms with Gasteiger partial charge in [-0.15, -0.1) is 23.8 Å². The molecule has 0 radical (unpaired) electrons. The summed E-state index contributed by atoms with van der Waals surface area (Å²) in [5.41, 5.74) is 2.48. The van der Waals surface area contributed by atoms with Gasteiger partial charge in [-0.1, -0.05) is 48.0 Å². The molecule has 0 aliphatic carbocycles. The zero-order chi connectivity index (χ0) is 20.3. The van der Waals surface area contributed by atoms with Gasteiger partial charge in [-0.3, -0.25) is 0 Å². The summed E-state index contributed by atoms with van der Waals surface area (Å²) >= 11 is 6.05. The molecule has 0 aliphatic heterocycles. The first-order chi connectivity index (χ1) is 14.2. The van der Waals surface area contributed by atoms with Crippen LogP contribution in [0.5, 0.6) is 5.75 Å². The molecule has 0 bridgehead atoms. The molecule has 0 spiro atoms. The van der Waals surface area contributed by atoms with Crippen molar-refractivity contribution in [2.75, 3.05) is 0 Å². The molecule has 0 heterocycles. The second kappa shape index (κ2) is 12.7. The summed E-state index contributed by atoms with van der Waals surface area (Å²) < 4.78 is 5.82. The van der Waals surface area contributed by atoms with Gasteiger partial charge in [0, 0.05) is 22.1 Å². The van der Waals surface area contributed by atoms with Crippen LogP contribution in [-0.2, 0) is 23.7 Å². The average Bonchev–Trinajstić information content (AvgIpc) is 3.48. The zero-order valence-corrected chi connectivity index (χ0v) is 17.8. The molecule has 0 saturated heterocycles. The second-order valence-electron chi connectivity index (χ2n) is 6.01. The molecule has 4 aromatic rings. The average molecular weight is 453 g/mol. The van der Waals surface area contributed by atoms with Crippen LogP contribution in [-0.4, -0.2) is 5.78 Å². The maximum Gasteiger partial charge on any atom is 0.149 e. The quantitative estimate of drug-likeness (QED) is 0.152. The summed E-state index contributed by atoms with van der Waals surface area (Å²) in [6, 6.07) is 34.6. The van der Waals surface area contributed by atoms with Crippen molar-refractivity contribution in [3.8, 4) is 5.75 Å². The maximum atomic E-state index is 12.5. The summed E-state index contributed by atoms with van der Waals surface area (Å²) in [5, 5.41) is 0.507. The van der Waals surface area contributed by atoms with Gasteiger partial charge < -0.3 is 39.9 Å². The van der Waals surface area contributed by atoms with Crippen molar-refractivity contribution in [2.45, 2.75) is 6.61 Å². The molecule has 4 heteroatoms. The van der Waals surface area contributed by atoms with Crippen molar-refractivity contribution in [2.24, 2.45) is 0 Å².